The Kier molecular flexibility index (Phi) is 6.84. The molecule has 4 rings (SSSR count). The maximum Gasteiger partial charge on any atom is 0.451 e. The molecule has 1 fully saturated rings. The molecule has 1 aromatic carbocycles. The molecular formula is C23H22F5N5O2. The fourth-order valence-corrected chi connectivity index (χ4v) is 4.01. The van der Waals surface area contributed by atoms with Gasteiger partial charge in [0.25, 0.3) is 11.8 Å². The van der Waals surface area contributed by atoms with Crippen molar-refractivity contribution < 1.29 is 31.5 Å². The Bertz CT molecular complexity index is 1190. The Labute approximate surface area is 197 Å². The summed E-state index contributed by atoms with van der Waals surface area (Å²) in [5.74, 6) is -4.16. The number of carbonyl (C=O) groups excluding carboxylic acids is 1. The first-order valence-corrected chi connectivity index (χ1v) is 10.8. The van der Waals surface area contributed by atoms with Crippen molar-refractivity contribution in [3.63, 3.8) is 0 Å². The molecule has 1 N–H and O–H groups in total. The van der Waals surface area contributed by atoms with Crippen LogP contribution in [0.25, 0.3) is 10.9 Å². The van der Waals surface area contributed by atoms with Crippen molar-refractivity contribution in [3.8, 4) is 5.88 Å². The number of hydrogen-bond acceptors (Lipinski definition) is 6. The molecule has 0 saturated carbocycles. The predicted octanol–water partition coefficient (Wildman–Crippen LogP) is 4.25. The van der Waals surface area contributed by atoms with Crippen molar-refractivity contribution in [3.05, 3.63) is 59.7 Å². The van der Waals surface area contributed by atoms with Gasteiger partial charge in [-0.15, -0.1) is 0 Å². The van der Waals surface area contributed by atoms with Crippen molar-refractivity contribution in [2.75, 3.05) is 26.7 Å². The number of methoxy groups -OCH3 is 1. The molecule has 12 heteroatoms. The van der Waals surface area contributed by atoms with Gasteiger partial charge >= 0.3 is 6.18 Å². The standard InChI is InChI=1S/C23H22F5N5O2/c1-35-19-6-5-15-16(3-2-4-17(15)32-19)20(34)29-13-18(33-9-7-22(24,25)8-10-33)14-11-30-21(31-12-14)23(26,27)28/h2-6,11-12,18H,7-10,13H2,1H3,(H,29,34). The molecule has 186 valence electrons. The largest absolute Gasteiger partial charge is 0.481 e. The number of carbonyl (C=O) groups is 1. The van der Waals surface area contributed by atoms with Crippen LogP contribution in [0.2, 0.25) is 0 Å². The van der Waals surface area contributed by atoms with Crippen molar-refractivity contribution >= 4 is 16.8 Å². The van der Waals surface area contributed by atoms with E-state index >= 15 is 0 Å². The van der Waals surface area contributed by atoms with Crippen LogP contribution >= 0.6 is 0 Å². The smallest absolute Gasteiger partial charge is 0.451 e. The maximum absolute atomic E-state index is 13.7. The first kappa shape index (κ1) is 24.7. The summed E-state index contributed by atoms with van der Waals surface area (Å²) < 4.78 is 71.2. The van der Waals surface area contributed by atoms with Gasteiger partial charge in [0.2, 0.25) is 11.7 Å². The van der Waals surface area contributed by atoms with Gasteiger partial charge in [0.05, 0.1) is 18.7 Å². The molecule has 0 aliphatic carbocycles. The van der Waals surface area contributed by atoms with Gasteiger partial charge < -0.3 is 10.1 Å². The highest BCUT2D eigenvalue weighted by atomic mass is 19.4. The average molecular weight is 495 g/mol. The number of piperidine rings is 1. The van der Waals surface area contributed by atoms with Crippen LogP contribution in [0.3, 0.4) is 0 Å². The molecule has 3 heterocycles. The zero-order valence-corrected chi connectivity index (χ0v) is 18.6. The predicted molar refractivity (Wildman–Crippen MR) is 116 cm³/mol. The van der Waals surface area contributed by atoms with E-state index in [9.17, 15) is 26.7 Å². The topological polar surface area (TPSA) is 80.2 Å². The summed E-state index contributed by atoms with van der Waals surface area (Å²) in [6.07, 6.45) is -3.45. The molecular weight excluding hydrogens is 473 g/mol. The van der Waals surface area contributed by atoms with Crippen molar-refractivity contribution in [1.82, 2.24) is 25.2 Å². The summed E-state index contributed by atoms with van der Waals surface area (Å²) in [4.78, 5) is 25.8. The third kappa shape index (κ3) is 5.64. The molecule has 1 aliphatic rings. The number of nitrogens with zero attached hydrogens (tertiary/aromatic N) is 4. The molecule has 1 unspecified atom stereocenters. The summed E-state index contributed by atoms with van der Waals surface area (Å²) in [7, 11) is 1.48. The molecule has 0 bridgehead atoms. The molecule has 0 radical (unpaired) electrons. The van der Waals surface area contributed by atoms with E-state index in [0.29, 0.717) is 22.3 Å². The lowest BCUT2D eigenvalue weighted by Gasteiger charge is -2.37. The number of halogens is 5. The van der Waals surface area contributed by atoms with Crippen molar-refractivity contribution in [2.24, 2.45) is 0 Å². The quantitative estimate of drug-likeness (QED) is 0.515. The van der Waals surface area contributed by atoms with E-state index in [1.807, 2.05) is 0 Å². The fraction of sp³-hybridized carbons (Fsp3) is 0.391. The molecule has 7 nitrogen and oxygen atoms in total. The van der Waals surface area contributed by atoms with E-state index in [1.54, 1.807) is 35.2 Å². The lowest BCUT2D eigenvalue weighted by atomic mass is 10.0. The van der Waals surface area contributed by atoms with Crippen molar-refractivity contribution in [2.45, 2.75) is 31.0 Å². The van der Waals surface area contributed by atoms with Gasteiger partial charge in [-0.1, -0.05) is 6.07 Å². The molecule has 1 saturated heterocycles. The highest BCUT2D eigenvalue weighted by Crippen LogP contribution is 2.33. The SMILES string of the molecule is COc1ccc2c(C(=O)NCC(c3cnc(C(F)(F)F)nc3)N3CCC(F)(F)CC3)cccc2n1. The van der Waals surface area contributed by atoms with Crippen LogP contribution in [-0.2, 0) is 6.18 Å². The fourth-order valence-electron chi connectivity index (χ4n) is 4.01. The molecule has 35 heavy (non-hydrogen) atoms. The monoisotopic (exact) mass is 495 g/mol. The van der Waals surface area contributed by atoms with Crippen LogP contribution in [0, 0.1) is 0 Å². The van der Waals surface area contributed by atoms with Gasteiger partial charge in [0, 0.05) is 67.4 Å². The molecule has 1 aliphatic heterocycles. The second-order valence-electron chi connectivity index (χ2n) is 8.18. The number of fused-ring (bicyclic) bond motifs is 1. The normalized spacial score (nSPS) is 17.2. The second-order valence-corrected chi connectivity index (χ2v) is 8.18. The number of pyridine rings is 1. The Balaban J connectivity index is 1.57. The number of aromatic nitrogens is 3. The molecule has 1 amide bonds. The Hall–Kier alpha value is -3.41. The van der Waals surface area contributed by atoms with Gasteiger partial charge in [0.15, 0.2) is 0 Å². The lowest BCUT2D eigenvalue weighted by Crippen LogP contribution is -2.45. The number of rotatable bonds is 6. The maximum atomic E-state index is 13.7. The number of alkyl halides is 5. The number of benzene rings is 1. The third-order valence-electron chi connectivity index (χ3n) is 5.90. The number of ether oxygens (including phenoxy) is 1. The van der Waals surface area contributed by atoms with E-state index in [2.05, 4.69) is 20.3 Å². The summed E-state index contributed by atoms with van der Waals surface area (Å²) >= 11 is 0. The minimum atomic E-state index is -4.71. The van der Waals surface area contributed by atoms with Crippen LogP contribution in [0.5, 0.6) is 5.88 Å². The number of hydrogen-bond donors (Lipinski definition) is 1. The highest BCUT2D eigenvalue weighted by Gasteiger charge is 2.38. The van der Waals surface area contributed by atoms with Crippen molar-refractivity contribution in [1.29, 1.82) is 0 Å². The summed E-state index contributed by atoms with van der Waals surface area (Å²) in [5, 5.41) is 3.36. The van der Waals surface area contributed by atoms with Gasteiger partial charge in [0.1, 0.15) is 0 Å². The molecule has 0 spiro atoms. The zero-order chi connectivity index (χ0) is 25.2. The molecule has 1 atom stereocenters. The molecule has 2 aromatic heterocycles. The third-order valence-corrected chi connectivity index (χ3v) is 5.90. The van der Waals surface area contributed by atoms with Crippen LogP contribution < -0.4 is 10.1 Å². The number of amides is 1. The Morgan fingerprint density at radius 2 is 1.83 bits per heavy atom. The summed E-state index contributed by atoms with van der Waals surface area (Å²) in [6.45, 7) is -0.0296. The van der Waals surface area contributed by atoms with E-state index in [4.69, 9.17) is 4.74 Å². The van der Waals surface area contributed by atoms with Crippen LogP contribution in [0.1, 0.15) is 40.6 Å². The lowest BCUT2D eigenvalue weighted by molar-refractivity contribution is -0.145. The van der Waals surface area contributed by atoms with Crippen LogP contribution in [0.15, 0.2) is 42.7 Å². The summed E-state index contributed by atoms with van der Waals surface area (Å²) in [5.41, 5.74) is 1.17. The van der Waals surface area contributed by atoms with Gasteiger partial charge in [-0.25, -0.2) is 23.7 Å². The highest BCUT2D eigenvalue weighted by molar-refractivity contribution is 6.06. The first-order valence-electron chi connectivity index (χ1n) is 10.8. The number of likely N-dealkylation sites (tertiary alicyclic amines) is 1. The second kappa shape index (κ2) is 9.68. The summed E-state index contributed by atoms with van der Waals surface area (Å²) in [6, 6.07) is 7.64. The average Bonchev–Trinajstić information content (AvgIpc) is 2.83. The van der Waals surface area contributed by atoms with Gasteiger partial charge in [-0.05, 0) is 18.2 Å². The van der Waals surface area contributed by atoms with Crippen LogP contribution in [-0.4, -0.2) is 58.4 Å². The van der Waals surface area contributed by atoms with E-state index in [-0.39, 0.29) is 25.2 Å². The Morgan fingerprint density at radius 3 is 2.46 bits per heavy atom. The zero-order valence-electron chi connectivity index (χ0n) is 18.6. The van der Waals surface area contributed by atoms with E-state index in [1.165, 1.54) is 7.11 Å². The first-order chi connectivity index (χ1) is 16.6. The minimum Gasteiger partial charge on any atom is -0.481 e. The van der Waals surface area contributed by atoms with E-state index in [0.717, 1.165) is 12.4 Å². The number of nitrogens with one attached hydrogen (secondary N) is 1. The minimum absolute atomic E-state index is 0.00649. The van der Waals surface area contributed by atoms with Gasteiger partial charge in [-0.3, -0.25) is 9.69 Å². The van der Waals surface area contributed by atoms with Crippen LogP contribution in [0.4, 0.5) is 22.0 Å². The van der Waals surface area contributed by atoms with E-state index < -0.39 is 42.7 Å². The van der Waals surface area contributed by atoms with Gasteiger partial charge in [-0.2, -0.15) is 13.2 Å². The molecule has 3 aromatic rings. The Morgan fingerprint density at radius 1 is 1.14 bits per heavy atom.